The number of hydrogen-bond donors (Lipinski definition) is 0. The van der Waals surface area contributed by atoms with Gasteiger partial charge in [-0.15, -0.1) is 0 Å². The first kappa shape index (κ1) is 21.3. The summed E-state index contributed by atoms with van der Waals surface area (Å²) in [5, 5.41) is 0. The van der Waals surface area contributed by atoms with Crippen LogP contribution in [-0.2, 0) is 16.1 Å². The van der Waals surface area contributed by atoms with Crippen molar-refractivity contribution < 1.29 is 14.3 Å². The van der Waals surface area contributed by atoms with E-state index in [0.717, 1.165) is 18.4 Å². The highest BCUT2D eigenvalue weighted by molar-refractivity contribution is 5.80. The first-order valence-corrected chi connectivity index (χ1v) is 9.91. The van der Waals surface area contributed by atoms with Gasteiger partial charge in [-0.1, -0.05) is 29.8 Å². The number of hydrogen-bond acceptors (Lipinski definition) is 3. The van der Waals surface area contributed by atoms with Crippen LogP contribution in [0.3, 0.4) is 0 Å². The van der Waals surface area contributed by atoms with Gasteiger partial charge in [0.1, 0.15) is 5.60 Å². The van der Waals surface area contributed by atoms with E-state index in [1.54, 1.807) is 4.90 Å². The number of piperidine rings is 1. The molecule has 5 heteroatoms. The van der Waals surface area contributed by atoms with Crippen molar-refractivity contribution in [1.29, 1.82) is 0 Å². The number of likely N-dealkylation sites (tertiary alicyclic amines) is 1. The summed E-state index contributed by atoms with van der Waals surface area (Å²) in [5.41, 5.74) is 1.81. The monoisotopic (exact) mass is 374 g/mol. The number of carbonyl (C=O) groups is 2. The molecule has 1 atom stereocenters. The Kier molecular flexibility index (Phi) is 6.90. The zero-order chi connectivity index (χ0) is 20.2. The third-order valence-corrected chi connectivity index (χ3v) is 4.80. The lowest BCUT2D eigenvalue weighted by molar-refractivity contribution is -0.139. The molecule has 1 aliphatic rings. The summed E-state index contributed by atoms with van der Waals surface area (Å²) in [4.78, 5) is 29.2. The molecule has 0 aliphatic carbocycles. The molecule has 5 nitrogen and oxygen atoms in total. The molecule has 150 valence electrons. The Morgan fingerprint density at radius 2 is 1.85 bits per heavy atom. The van der Waals surface area contributed by atoms with Gasteiger partial charge in [0.15, 0.2) is 0 Å². The van der Waals surface area contributed by atoms with Crippen molar-refractivity contribution in [2.24, 2.45) is 5.92 Å². The maximum absolute atomic E-state index is 13.2. The van der Waals surface area contributed by atoms with Gasteiger partial charge in [-0.05, 0) is 59.9 Å². The highest BCUT2D eigenvalue weighted by Crippen LogP contribution is 2.23. The normalized spacial score (nSPS) is 17.7. The van der Waals surface area contributed by atoms with Crippen LogP contribution in [0.2, 0.25) is 0 Å². The molecule has 0 unspecified atom stereocenters. The van der Waals surface area contributed by atoms with Gasteiger partial charge < -0.3 is 14.5 Å². The SMILES string of the molecule is Cc1ccc(CN(C(=O)[C@@H]2CCCN(C(=O)OC(C)(C)C)C2)C(C)C)cc1. The standard InChI is InChI=1S/C22H34N2O3/c1-16(2)24(14-18-11-9-17(3)10-12-18)20(25)19-8-7-13-23(15-19)21(26)27-22(4,5)6/h9-12,16,19H,7-8,13-15H2,1-6H3/t19-/m1/s1. The van der Waals surface area contributed by atoms with E-state index in [1.165, 1.54) is 5.56 Å². The van der Waals surface area contributed by atoms with Crippen LogP contribution in [-0.4, -0.2) is 46.5 Å². The third kappa shape index (κ3) is 6.26. The van der Waals surface area contributed by atoms with Crippen molar-refractivity contribution in [3.63, 3.8) is 0 Å². The lowest BCUT2D eigenvalue weighted by Crippen LogP contribution is -2.49. The highest BCUT2D eigenvalue weighted by Gasteiger charge is 2.33. The minimum absolute atomic E-state index is 0.107. The summed E-state index contributed by atoms with van der Waals surface area (Å²) in [6.45, 7) is 13.4. The van der Waals surface area contributed by atoms with E-state index in [0.29, 0.717) is 19.6 Å². The Labute approximate surface area is 163 Å². The van der Waals surface area contributed by atoms with E-state index in [-0.39, 0.29) is 24.0 Å². The van der Waals surface area contributed by atoms with Crippen molar-refractivity contribution in [2.45, 2.75) is 72.6 Å². The number of nitrogens with zero attached hydrogens (tertiary/aromatic N) is 2. The number of benzene rings is 1. The Morgan fingerprint density at radius 3 is 2.41 bits per heavy atom. The summed E-state index contributed by atoms with van der Waals surface area (Å²) < 4.78 is 5.48. The minimum Gasteiger partial charge on any atom is -0.444 e. The first-order valence-electron chi connectivity index (χ1n) is 9.91. The molecule has 1 aliphatic heterocycles. The molecule has 2 amide bonds. The van der Waals surface area contributed by atoms with Crippen LogP contribution in [0.4, 0.5) is 4.79 Å². The molecule has 0 spiro atoms. The maximum Gasteiger partial charge on any atom is 0.410 e. The fourth-order valence-electron chi connectivity index (χ4n) is 3.31. The van der Waals surface area contributed by atoms with E-state index in [1.807, 2.05) is 39.5 Å². The number of amides is 2. The van der Waals surface area contributed by atoms with Crippen molar-refractivity contribution in [3.8, 4) is 0 Å². The molecule has 27 heavy (non-hydrogen) atoms. The van der Waals surface area contributed by atoms with E-state index in [9.17, 15) is 9.59 Å². The molecule has 1 heterocycles. The van der Waals surface area contributed by atoms with E-state index < -0.39 is 5.60 Å². The van der Waals surface area contributed by atoms with Crippen LogP contribution in [0.25, 0.3) is 0 Å². The molecule has 0 radical (unpaired) electrons. The van der Waals surface area contributed by atoms with Crippen LogP contribution in [0.5, 0.6) is 0 Å². The molecule has 2 rings (SSSR count). The molecular formula is C22H34N2O3. The van der Waals surface area contributed by atoms with E-state index >= 15 is 0 Å². The Morgan fingerprint density at radius 1 is 1.22 bits per heavy atom. The quantitative estimate of drug-likeness (QED) is 0.786. The van der Waals surface area contributed by atoms with Crippen LogP contribution in [0.1, 0.15) is 58.6 Å². The maximum atomic E-state index is 13.2. The Hall–Kier alpha value is -2.04. The molecular weight excluding hydrogens is 340 g/mol. The summed E-state index contributed by atoms with van der Waals surface area (Å²) in [5.74, 6) is -0.0436. The molecule has 1 aromatic rings. The second kappa shape index (κ2) is 8.77. The smallest absolute Gasteiger partial charge is 0.410 e. The van der Waals surface area contributed by atoms with Crippen molar-refractivity contribution in [2.75, 3.05) is 13.1 Å². The minimum atomic E-state index is -0.524. The largest absolute Gasteiger partial charge is 0.444 e. The fourth-order valence-corrected chi connectivity index (χ4v) is 3.31. The summed E-state index contributed by atoms with van der Waals surface area (Å²) in [6, 6.07) is 8.40. The summed E-state index contributed by atoms with van der Waals surface area (Å²) >= 11 is 0. The number of ether oxygens (including phenoxy) is 1. The molecule has 1 fully saturated rings. The van der Waals surface area contributed by atoms with E-state index in [2.05, 4.69) is 31.2 Å². The Balaban J connectivity index is 2.06. The zero-order valence-corrected chi connectivity index (χ0v) is 17.6. The van der Waals surface area contributed by atoms with Gasteiger partial charge in [-0.3, -0.25) is 4.79 Å². The fraction of sp³-hybridized carbons (Fsp3) is 0.636. The lowest BCUT2D eigenvalue weighted by atomic mass is 9.96. The van der Waals surface area contributed by atoms with Crippen molar-refractivity contribution >= 4 is 12.0 Å². The van der Waals surface area contributed by atoms with Gasteiger partial charge in [-0.25, -0.2) is 4.79 Å². The lowest BCUT2D eigenvalue weighted by Gasteiger charge is -2.37. The van der Waals surface area contributed by atoms with Gasteiger partial charge in [-0.2, -0.15) is 0 Å². The molecule has 0 N–H and O–H groups in total. The topological polar surface area (TPSA) is 49.9 Å². The molecule has 1 aromatic carbocycles. The van der Waals surface area contributed by atoms with Gasteiger partial charge >= 0.3 is 6.09 Å². The number of rotatable bonds is 4. The molecule has 1 saturated heterocycles. The first-order chi connectivity index (χ1) is 12.6. The predicted molar refractivity (Wildman–Crippen MR) is 107 cm³/mol. The summed E-state index contributed by atoms with van der Waals surface area (Å²) in [6.07, 6.45) is 1.32. The molecule has 0 bridgehead atoms. The second-order valence-electron chi connectivity index (χ2n) is 8.81. The number of aryl methyl sites for hydroxylation is 1. The van der Waals surface area contributed by atoms with Gasteiger partial charge in [0.25, 0.3) is 0 Å². The second-order valence-corrected chi connectivity index (χ2v) is 8.81. The Bertz CT molecular complexity index is 647. The van der Waals surface area contributed by atoms with Gasteiger partial charge in [0.05, 0.1) is 5.92 Å². The number of carbonyl (C=O) groups excluding carboxylic acids is 2. The van der Waals surface area contributed by atoms with Crippen LogP contribution >= 0.6 is 0 Å². The van der Waals surface area contributed by atoms with Crippen LogP contribution < -0.4 is 0 Å². The average Bonchev–Trinajstić information content (AvgIpc) is 2.59. The summed E-state index contributed by atoms with van der Waals surface area (Å²) in [7, 11) is 0. The van der Waals surface area contributed by atoms with E-state index in [4.69, 9.17) is 4.74 Å². The average molecular weight is 375 g/mol. The highest BCUT2D eigenvalue weighted by atomic mass is 16.6. The van der Waals surface area contributed by atoms with Crippen LogP contribution in [0, 0.1) is 12.8 Å². The van der Waals surface area contributed by atoms with Crippen molar-refractivity contribution in [1.82, 2.24) is 9.80 Å². The van der Waals surface area contributed by atoms with Crippen molar-refractivity contribution in [3.05, 3.63) is 35.4 Å². The zero-order valence-electron chi connectivity index (χ0n) is 17.6. The van der Waals surface area contributed by atoms with Gasteiger partial charge in [0, 0.05) is 25.7 Å². The van der Waals surface area contributed by atoms with Crippen LogP contribution in [0.15, 0.2) is 24.3 Å². The third-order valence-electron chi connectivity index (χ3n) is 4.80. The predicted octanol–water partition coefficient (Wildman–Crippen LogP) is 4.38. The molecule has 0 saturated carbocycles. The van der Waals surface area contributed by atoms with Gasteiger partial charge in [0.2, 0.25) is 5.91 Å². The molecule has 0 aromatic heterocycles.